The van der Waals surface area contributed by atoms with Crippen LogP contribution in [0.1, 0.15) is 27.2 Å². The summed E-state index contributed by atoms with van der Waals surface area (Å²) in [5.41, 5.74) is 4.02. The molecule has 1 heterocycles. The number of rotatable bonds is 3. The summed E-state index contributed by atoms with van der Waals surface area (Å²) in [6.07, 6.45) is 0. The summed E-state index contributed by atoms with van der Waals surface area (Å²) in [5, 5.41) is 7.32. The van der Waals surface area contributed by atoms with E-state index in [1.165, 1.54) is 12.1 Å². The van der Waals surface area contributed by atoms with E-state index >= 15 is 0 Å². The number of carbonyl (C=O) groups excluding carboxylic acids is 1. The Bertz CT molecular complexity index is 945. The molecule has 0 unspecified atom stereocenters. The Morgan fingerprint density at radius 1 is 1.08 bits per heavy atom. The van der Waals surface area contributed by atoms with Gasteiger partial charge in [0.05, 0.1) is 22.0 Å². The summed E-state index contributed by atoms with van der Waals surface area (Å²) < 4.78 is 14.8. The van der Waals surface area contributed by atoms with Crippen LogP contribution in [0.3, 0.4) is 0 Å². The van der Waals surface area contributed by atoms with Crippen LogP contribution < -0.4 is 5.32 Å². The SMILES string of the molecule is Cc1cc(C)cc(-n2nc(C)cc2NC(=O)c2ccc(F)cc2Cl)c1. The van der Waals surface area contributed by atoms with Crippen LogP contribution in [0.25, 0.3) is 5.69 Å². The number of hydrogen-bond donors (Lipinski definition) is 1. The van der Waals surface area contributed by atoms with E-state index in [9.17, 15) is 9.18 Å². The van der Waals surface area contributed by atoms with Crippen LogP contribution in [0.5, 0.6) is 0 Å². The van der Waals surface area contributed by atoms with Crippen molar-refractivity contribution < 1.29 is 9.18 Å². The molecule has 0 saturated carbocycles. The molecule has 128 valence electrons. The summed E-state index contributed by atoms with van der Waals surface area (Å²) >= 11 is 5.97. The predicted molar refractivity (Wildman–Crippen MR) is 97.1 cm³/mol. The molecule has 0 saturated heterocycles. The molecule has 1 aromatic heterocycles. The Kier molecular flexibility index (Phi) is 4.59. The number of aromatic nitrogens is 2. The van der Waals surface area contributed by atoms with Crippen molar-refractivity contribution in [2.24, 2.45) is 0 Å². The van der Waals surface area contributed by atoms with E-state index in [0.29, 0.717) is 5.82 Å². The number of halogens is 2. The average molecular weight is 358 g/mol. The highest BCUT2D eigenvalue weighted by atomic mass is 35.5. The van der Waals surface area contributed by atoms with Gasteiger partial charge in [-0.25, -0.2) is 9.07 Å². The van der Waals surface area contributed by atoms with E-state index in [1.807, 2.05) is 32.9 Å². The van der Waals surface area contributed by atoms with Crippen molar-refractivity contribution in [1.29, 1.82) is 0 Å². The van der Waals surface area contributed by atoms with Gasteiger partial charge in [0.15, 0.2) is 0 Å². The molecule has 0 aliphatic rings. The molecule has 3 rings (SSSR count). The minimum atomic E-state index is -0.488. The van der Waals surface area contributed by atoms with Crippen LogP contribution in [0, 0.1) is 26.6 Å². The van der Waals surface area contributed by atoms with Crippen LogP contribution in [-0.2, 0) is 0 Å². The van der Waals surface area contributed by atoms with E-state index in [0.717, 1.165) is 28.6 Å². The maximum absolute atomic E-state index is 13.2. The maximum Gasteiger partial charge on any atom is 0.258 e. The molecule has 0 aliphatic carbocycles. The van der Waals surface area contributed by atoms with Gasteiger partial charge in [0.25, 0.3) is 5.91 Å². The highest BCUT2D eigenvalue weighted by Crippen LogP contribution is 2.22. The minimum Gasteiger partial charge on any atom is -0.306 e. The number of benzene rings is 2. The van der Waals surface area contributed by atoms with Crippen molar-refractivity contribution in [3.05, 3.63) is 75.7 Å². The standard InChI is InChI=1S/C19H17ClFN3O/c1-11-6-12(2)8-15(7-11)24-18(9-13(3)23-24)22-19(25)16-5-4-14(21)10-17(16)20/h4-10H,1-3H3,(H,22,25). The van der Waals surface area contributed by atoms with Crippen LogP contribution in [0.2, 0.25) is 5.02 Å². The van der Waals surface area contributed by atoms with Crippen molar-refractivity contribution in [3.63, 3.8) is 0 Å². The Balaban J connectivity index is 1.97. The lowest BCUT2D eigenvalue weighted by Gasteiger charge is -2.11. The Hall–Kier alpha value is -2.66. The summed E-state index contributed by atoms with van der Waals surface area (Å²) in [4.78, 5) is 12.5. The molecule has 0 bridgehead atoms. The summed E-state index contributed by atoms with van der Waals surface area (Å²) in [6.45, 7) is 5.85. The van der Waals surface area contributed by atoms with Crippen LogP contribution in [0.4, 0.5) is 10.2 Å². The Morgan fingerprint density at radius 2 is 1.76 bits per heavy atom. The van der Waals surface area contributed by atoms with Crippen molar-refractivity contribution >= 4 is 23.3 Å². The second-order valence-electron chi connectivity index (χ2n) is 6.01. The largest absolute Gasteiger partial charge is 0.306 e. The van der Waals surface area contributed by atoms with Gasteiger partial charge in [-0.15, -0.1) is 0 Å². The van der Waals surface area contributed by atoms with Crippen LogP contribution >= 0.6 is 11.6 Å². The molecule has 0 spiro atoms. The van der Waals surface area contributed by atoms with Crippen molar-refractivity contribution in [1.82, 2.24) is 9.78 Å². The summed E-state index contributed by atoms with van der Waals surface area (Å²) in [6, 6.07) is 11.5. The first-order valence-electron chi connectivity index (χ1n) is 7.75. The second kappa shape index (κ2) is 6.69. The number of aryl methyl sites for hydroxylation is 3. The topological polar surface area (TPSA) is 46.9 Å². The van der Waals surface area contributed by atoms with Crippen LogP contribution in [-0.4, -0.2) is 15.7 Å². The predicted octanol–water partition coefficient (Wildman–Crippen LogP) is 4.84. The summed E-state index contributed by atoms with van der Waals surface area (Å²) in [7, 11) is 0. The molecule has 6 heteroatoms. The van der Waals surface area contributed by atoms with Gasteiger partial charge in [0, 0.05) is 6.07 Å². The third kappa shape index (κ3) is 3.72. The monoisotopic (exact) mass is 357 g/mol. The zero-order valence-corrected chi connectivity index (χ0v) is 14.9. The van der Waals surface area contributed by atoms with Crippen molar-refractivity contribution in [2.45, 2.75) is 20.8 Å². The Labute approximate surface area is 150 Å². The number of nitrogens with zero attached hydrogens (tertiary/aromatic N) is 2. The van der Waals surface area contributed by atoms with Gasteiger partial charge >= 0.3 is 0 Å². The summed E-state index contributed by atoms with van der Waals surface area (Å²) in [5.74, 6) is -0.388. The van der Waals surface area contributed by atoms with E-state index in [1.54, 1.807) is 10.7 Å². The highest BCUT2D eigenvalue weighted by molar-refractivity contribution is 6.34. The van der Waals surface area contributed by atoms with Gasteiger partial charge in [-0.3, -0.25) is 4.79 Å². The van der Waals surface area contributed by atoms with E-state index in [4.69, 9.17) is 11.6 Å². The molecule has 3 aromatic rings. The zero-order valence-electron chi connectivity index (χ0n) is 14.1. The minimum absolute atomic E-state index is 0.0617. The molecule has 1 amide bonds. The fourth-order valence-corrected chi connectivity index (χ4v) is 2.97. The third-order valence-corrected chi connectivity index (χ3v) is 4.01. The fraction of sp³-hybridized carbons (Fsp3) is 0.158. The molecule has 0 radical (unpaired) electrons. The first-order chi connectivity index (χ1) is 11.8. The van der Waals surface area contributed by atoms with E-state index in [-0.39, 0.29) is 10.6 Å². The van der Waals surface area contributed by atoms with Gasteiger partial charge in [-0.2, -0.15) is 5.10 Å². The second-order valence-corrected chi connectivity index (χ2v) is 6.41. The van der Waals surface area contributed by atoms with Gasteiger partial charge < -0.3 is 5.32 Å². The van der Waals surface area contributed by atoms with Gasteiger partial charge in [-0.1, -0.05) is 17.7 Å². The normalized spacial score (nSPS) is 10.8. The van der Waals surface area contributed by atoms with Crippen LogP contribution in [0.15, 0.2) is 42.5 Å². The Morgan fingerprint density at radius 3 is 2.40 bits per heavy atom. The molecule has 0 fully saturated rings. The smallest absolute Gasteiger partial charge is 0.258 e. The maximum atomic E-state index is 13.2. The van der Waals surface area contributed by atoms with Gasteiger partial charge in [-0.05, 0) is 62.2 Å². The lowest BCUT2D eigenvalue weighted by Crippen LogP contribution is -2.15. The average Bonchev–Trinajstić information content (AvgIpc) is 2.86. The third-order valence-electron chi connectivity index (χ3n) is 3.70. The first-order valence-corrected chi connectivity index (χ1v) is 8.13. The molecule has 1 N–H and O–H groups in total. The molecular formula is C19H17ClFN3O. The molecule has 25 heavy (non-hydrogen) atoms. The number of amides is 1. The number of hydrogen-bond acceptors (Lipinski definition) is 2. The molecular weight excluding hydrogens is 341 g/mol. The van der Waals surface area contributed by atoms with Crippen molar-refractivity contribution in [3.8, 4) is 5.69 Å². The van der Waals surface area contributed by atoms with Gasteiger partial charge in [0.1, 0.15) is 11.6 Å². The molecule has 0 aliphatic heterocycles. The zero-order chi connectivity index (χ0) is 18.1. The number of anilines is 1. The highest BCUT2D eigenvalue weighted by Gasteiger charge is 2.15. The lowest BCUT2D eigenvalue weighted by atomic mass is 10.1. The van der Waals surface area contributed by atoms with E-state index < -0.39 is 11.7 Å². The molecule has 2 aromatic carbocycles. The lowest BCUT2D eigenvalue weighted by molar-refractivity contribution is 0.102. The quantitative estimate of drug-likeness (QED) is 0.728. The number of nitrogens with one attached hydrogen (secondary N) is 1. The van der Waals surface area contributed by atoms with Crippen molar-refractivity contribution in [2.75, 3.05) is 5.32 Å². The molecule has 0 atom stereocenters. The van der Waals surface area contributed by atoms with Gasteiger partial charge in [0.2, 0.25) is 0 Å². The number of carbonyl (C=O) groups is 1. The first kappa shape index (κ1) is 17.2. The molecule has 4 nitrogen and oxygen atoms in total. The fourth-order valence-electron chi connectivity index (χ4n) is 2.72. The van der Waals surface area contributed by atoms with E-state index in [2.05, 4.69) is 16.5 Å².